The zero-order valence-electron chi connectivity index (χ0n) is 17.3. The highest BCUT2D eigenvalue weighted by atomic mass is 19.1. The van der Waals surface area contributed by atoms with Crippen molar-refractivity contribution in [2.24, 2.45) is 0 Å². The second-order valence-electron chi connectivity index (χ2n) is 7.61. The van der Waals surface area contributed by atoms with Crippen LogP contribution in [-0.4, -0.2) is 5.91 Å². The quantitative estimate of drug-likeness (QED) is 0.495. The van der Waals surface area contributed by atoms with Crippen LogP contribution in [0.15, 0.2) is 44.0 Å². The summed E-state index contributed by atoms with van der Waals surface area (Å²) in [4.78, 5) is 25.1. The van der Waals surface area contributed by atoms with Gasteiger partial charge in [-0.15, -0.1) is 0 Å². The number of halogens is 1. The predicted octanol–water partition coefficient (Wildman–Crippen LogP) is 4.77. The van der Waals surface area contributed by atoms with Crippen molar-refractivity contribution < 1.29 is 18.0 Å². The van der Waals surface area contributed by atoms with Crippen LogP contribution < -0.4 is 10.9 Å². The average Bonchev–Trinajstić information content (AvgIpc) is 3.00. The molecule has 0 saturated heterocycles. The molecule has 0 aliphatic carbocycles. The first-order valence-electron chi connectivity index (χ1n) is 9.73. The number of aryl methyl sites for hydroxylation is 4. The number of rotatable bonds is 4. The highest BCUT2D eigenvalue weighted by Crippen LogP contribution is 2.34. The lowest BCUT2D eigenvalue weighted by molar-refractivity contribution is -0.120. The Balaban J connectivity index is 1.67. The van der Waals surface area contributed by atoms with Gasteiger partial charge in [0.25, 0.3) is 0 Å². The van der Waals surface area contributed by atoms with Crippen molar-refractivity contribution in [3.8, 4) is 0 Å². The van der Waals surface area contributed by atoms with E-state index in [2.05, 4.69) is 5.32 Å². The van der Waals surface area contributed by atoms with Crippen LogP contribution >= 0.6 is 0 Å². The minimum absolute atomic E-state index is 0.0915. The molecular weight excluding hydrogens is 385 g/mol. The van der Waals surface area contributed by atoms with E-state index in [1.165, 1.54) is 12.1 Å². The number of hydrogen-bond donors (Lipinski definition) is 1. The molecule has 2 heterocycles. The Hall–Kier alpha value is -3.41. The Kier molecular flexibility index (Phi) is 4.94. The number of nitrogens with one attached hydrogen (secondary N) is 1. The van der Waals surface area contributed by atoms with Gasteiger partial charge in [0.1, 0.15) is 22.7 Å². The predicted molar refractivity (Wildman–Crippen MR) is 113 cm³/mol. The van der Waals surface area contributed by atoms with Crippen LogP contribution in [0.3, 0.4) is 0 Å². The first-order valence-corrected chi connectivity index (χ1v) is 9.73. The van der Waals surface area contributed by atoms with Crippen LogP contribution in [0.25, 0.3) is 21.9 Å². The molecule has 2 aromatic carbocycles. The van der Waals surface area contributed by atoms with Gasteiger partial charge in [0, 0.05) is 22.9 Å². The van der Waals surface area contributed by atoms with E-state index in [0.29, 0.717) is 16.7 Å². The van der Waals surface area contributed by atoms with Gasteiger partial charge < -0.3 is 14.2 Å². The Morgan fingerprint density at radius 1 is 0.933 bits per heavy atom. The van der Waals surface area contributed by atoms with Crippen LogP contribution in [-0.2, 0) is 17.8 Å². The largest absolute Gasteiger partial charge is 0.461 e. The van der Waals surface area contributed by atoms with E-state index in [9.17, 15) is 14.0 Å². The van der Waals surface area contributed by atoms with Gasteiger partial charge in [-0.2, -0.15) is 0 Å². The summed E-state index contributed by atoms with van der Waals surface area (Å²) in [7, 11) is 0. The molecule has 6 heteroatoms. The van der Waals surface area contributed by atoms with Crippen molar-refractivity contribution in [2.45, 2.75) is 40.7 Å². The number of furan rings is 1. The molecule has 2 aromatic heterocycles. The molecule has 0 fully saturated rings. The van der Waals surface area contributed by atoms with E-state index in [1.54, 1.807) is 12.1 Å². The lowest BCUT2D eigenvalue weighted by Crippen LogP contribution is -2.27. The van der Waals surface area contributed by atoms with Gasteiger partial charge >= 0.3 is 5.63 Å². The van der Waals surface area contributed by atoms with E-state index >= 15 is 0 Å². The number of carbonyl (C=O) groups is 1. The molecule has 0 atom stereocenters. The molecule has 0 aliphatic heterocycles. The summed E-state index contributed by atoms with van der Waals surface area (Å²) in [5.74, 6) is 0.188. The molecule has 30 heavy (non-hydrogen) atoms. The highest BCUT2D eigenvalue weighted by Gasteiger charge is 2.20. The fourth-order valence-corrected chi connectivity index (χ4v) is 3.72. The number of fused-ring (bicyclic) bond motifs is 2. The number of hydrogen-bond acceptors (Lipinski definition) is 4. The van der Waals surface area contributed by atoms with Crippen molar-refractivity contribution >= 4 is 27.8 Å². The molecule has 0 saturated carbocycles. The topological polar surface area (TPSA) is 72.5 Å². The van der Waals surface area contributed by atoms with Gasteiger partial charge in [0.05, 0.1) is 12.0 Å². The van der Waals surface area contributed by atoms with Crippen molar-refractivity contribution in [1.29, 1.82) is 0 Å². The normalized spacial score (nSPS) is 11.4. The molecule has 0 aliphatic rings. The fraction of sp³-hybridized carbons (Fsp3) is 0.250. The summed E-state index contributed by atoms with van der Waals surface area (Å²) in [5, 5.41) is 4.54. The fourth-order valence-electron chi connectivity index (χ4n) is 3.72. The van der Waals surface area contributed by atoms with Crippen molar-refractivity contribution in [1.82, 2.24) is 5.32 Å². The number of carbonyl (C=O) groups excluding carboxylic acids is 1. The van der Waals surface area contributed by atoms with Crippen molar-refractivity contribution in [2.75, 3.05) is 0 Å². The minimum Gasteiger partial charge on any atom is -0.461 e. The van der Waals surface area contributed by atoms with Crippen LogP contribution in [0.2, 0.25) is 0 Å². The summed E-state index contributed by atoms with van der Waals surface area (Å²) in [6.07, 6.45) is -0.0915. The lowest BCUT2D eigenvalue weighted by atomic mass is 9.98. The second-order valence-corrected chi connectivity index (χ2v) is 7.61. The Labute approximate surface area is 172 Å². The number of amides is 1. The molecule has 1 N–H and O–H groups in total. The maximum atomic E-state index is 13.0. The third-order valence-corrected chi connectivity index (χ3v) is 5.68. The van der Waals surface area contributed by atoms with E-state index in [4.69, 9.17) is 8.83 Å². The molecule has 4 rings (SSSR count). The smallest absolute Gasteiger partial charge is 0.340 e. The molecule has 0 unspecified atom stereocenters. The summed E-state index contributed by atoms with van der Waals surface area (Å²) in [6.45, 7) is 7.84. The molecule has 0 bridgehead atoms. The van der Waals surface area contributed by atoms with Crippen molar-refractivity contribution in [3.63, 3.8) is 0 Å². The van der Waals surface area contributed by atoms with Crippen LogP contribution in [0.1, 0.15) is 33.6 Å². The monoisotopic (exact) mass is 407 g/mol. The maximum Gasteiger partial charge on any atom is 0.340 e. The molecule has 154 valence electrons. The first kappa shape index (κ1) is 19.9. The number of benzene rings is 2. The molecule has 1 amide bonds. The molecule has 0 spiro atoms. The molecule has 4 aromatic rings. The summed E-state index contributed by atoms with van der Waals surface area (Å²) < 4.78 is 24.4. The van der Waals surface area contributed by atoms with Gasteiger partial charge in [0.2, 0.25) is 5.91 Å². The van der Waals surface area contributed by atoms with Crippen LogP contribution in [0.4, 0.5) is 4.39 Å². The van der Waals surface area contributed by atoms with E-state index in [-0.39, 0.29) is 24.7 Å². The first-order chi connectivity index (χ1) is 14.3. The molecular formula is C24H22FNO4. The summed E-state index contributed by atoms with van der Waals surface area (Å²) in [5.41, 5.74) is 4.30. The van der Waals surface area contributed by atoms with Gasteiger partial charge in [-0.1, -0.05) is 12.1 Å². The third-order valence-electron chi connectivity index (χ3n) is 5.68. The Bertz CT molecular complexity index is 1350. The van der Waals surface area contributed by atoms with Crippen LogP contribution in [0.5, 0.6) is 0 Å². The van der Waals surface area contributed by atoms with E-state index in [0.717, 1.165) is 38.8 Å². The van der Waals surface area contributed by atoms with E-state index in [1.807, 2.05) is 33.8 Å². The van der Waals surface area contributed by atoms with Gasteiger partial charge in [-0.3, -0.25) is 4.79 Å². The zero-order valence-corrected chi connectivity index (χ0v) is 17.3. The van der Waals surface area contributed by atoms with Crippen molar-refractivity contribution in [3.05, 3.63) is 80.1 Å². The van der Waals surface area contributed by atoms with Crippen LogP contribution in [0, 0.1) is 33.5 Å². The molecule has 5 nitrogen and oxygen atoms in total. The lowest BCUT2D eigenvalue weighted by Gasteiger charge is -2.10. The molecule has 0 radical (unpaired) electrons. The minimum atomic E-state index is -0.528. The summed E-state index contributed by atoms with van der Waals surface area (Å²) >= 11 is 0. The van der Waals surface area contributed by atoms with Gasteiger partial charge in [-0.05, 0) is 62.6 Å². The SMILES string of the molecule is Cc1oc2c(C)c3oc(=O)c(CC(=O)NCc4ccc(F)cc4)c(C)c3cc2c1C. The highest BCUT2D eigenvalue weighted by molar-refractivity contribution is 6.00. The third kappa shape index (κ3) is 3.38. The van der Waals surface area contributed by atoms with E-state index < -0.39 is 5.63 Å². The maximum absolute atomic E-state index is 13.0. The standard InChI is InChI=1S/C24H22FNO4/c1-12-15(4)29-22-14(3)23-19(9-18(12)22)13(2)20(24(28)30-23)10-21(27)26-11-16-5-7-17(25)8-6-16/h5-9H,10-11H2,1-4H3,(H,26,27). The second kappa shape index (κ2) is 7.44. The Morgan fingerprint density at radius 3 is 2.27 bits per heavy atom. The summed E-state index contributed by atoms with van der Waals surface area (Å²) in [6, 6.07) is 7.85. The zero-order chi connectivity index (χ0) is 21.6. The average molecular weight is 407 g/mol. The van der Waals surface area contributed by atoms with Gasteiger partial charge in [0.15, 0.2) is 0 Å². The Morgan fingerprint density at radius 2 is 1.57 bits per heavy atom. The van der Waals surface area contributed by atoms with Gasteiger partial charge in [-0.25, -0.2) is 9.18 Å².